The molecule has 0 aliphatic carbocycles. The van der Waals surface area contributed by atoms with Gasteiger partial charge in [0.2, 0.25) is 0 Å². The van der Waals surface area contributed by atoms with Crippen LogP contribution in [0.25, 0.3) is 0 Å². The molecule has 0 aromatic carbocycles. The summed E-state index contributed by atoms with van der Waals surface area (Å²) >= 11 is 5.35. The standard InChI is InChI=1S/C5H5ClFN/c6-5-3-4(7)1-2-8-5/h3H,1-2H2. The Morgan fingerprint density at radius 2 is 2.50 bits per heavy atom. The first kappa shape index (κ1) is 5.76. The van der Waals surface area contributed by atoms with Crippen LogP contribution >= 0.6 is 11.6 Å². The lowest BCUT2D eigenvalue weighted by Gasteiger charge is -1.99. The van der Waals surface area contributed by atoms with Gasteiger partial charge < -0.3 is 0 Å². The highest BCUT2D eigenvalue weighted by Crippen LogP contribution is 2.09. The highest BCUT2D eigenvalue weighted by atomic mass is 35.5. The molecule has 0 bridgehead atoms. The average Bonchev–Trinajstić information content (AvgIpc) is 1.64. The Bertz CT molecular complexity index is 151. The Labute approximate surface area is 51.9 Å². The molecular weight excluding hydrogens is 129 g/mol. The van der Waals surface area contributed by atoms with E-state index >= 15 is 0 Å². The summed E-state index contributed by atoms with van der Waals surface area (Å²) in [6.07, 6.45) is 1.64. The molecule has 44 valence electrons. The molecule has 1 rings (SSSR count). The van der Waals surface area contributed by atoms with E-state index in [1.165, 1.54) is 6.08 Å². The third kappa shape index (κ3) is 1.30. The van der Waals surface area contributed by atoms with Crippen LogP contribution in [0, 0.1) is 0 Å². The molecular formula is C5H5ClFN. The van der Waals surface area contributed by atoms with Crippen LogP contribution < -0.4 is 0 Å². The minimum atomic E-state index is -0.176. The van der Waals surface area contributed by atoms with Crippen molar-refractivity contribution in [3.8, 4) is 0 Å². The summed E-state index contributed by atoms with van der Waals surface area (Å²) in [4.78, 5) is 3.75. The Morgan fingerprint density at radius 1 is 1.75 bits per heavy atom. The molecule has 0 N–H and O–H groups in total. The summed E-state index contributed by atoms with van der Waals surface area (Å²) in [6, 6.07) is 0. The predicted molar refractivity (Wildman–Crippen MR) is 32.0 cm³/mol. The van der Waals surface area contributed by atoms with Gasteiger partial charge in [0.1, 0.15) is 11.0 Å². The minimum Gasteiger partial charge on any atom is -0.273 e. The van der Waals surface area contributed by atoms with Crippen molar-refractivity contribution in [2.45, 2.75) is 6.42 Å². The molecule has 8 heavy (non-hydrogen) atoms. The molecule has 1 aliphatic rings. The first-order valence-corrected chi connectivity index (χ1v) is 2.73. The van der Waals surface area contributed by atoms with Crippen molar-refractivity contribution in [2.75, 3.05) is 6.54 Å². The van der Waals surface area contributed by atoms with Crippen molar-refractivity contribution in [3.05, 3.63) is 11.9 Å². The third-order valence-corrected chi connectivity index (χ3v) is 1.12. The van der Waals surface area contributed by atoms with Gasteiger partial charge in [-0.25, -0.2) is 4.39 Å². The summed E-state index contributed by atoms with van der Waals surface area (Å²) in [5.41, 5.74) is 0. The second-order valence-corrected chi connectivity index (χ2v) is 1.93. The largest absolute Gasteiger partial charge is 0.273 e. The Kier molecular flexibility index (Phi) is 1.63. The zero-order valence-corrected chi connectivity index (χ0v) is 4.95. The lowest BCUT2D eigenvalue weighted by Crippen LogP contribution is -1.94. The maximum Gasteiger partial charge on any atom is 0.126 e. The fraction of sp³-hybridized carbons (Fsp3) is 0.400. The van der Waals surface area contributed by atoms with Crippen molar-refractivity contribution < 1.29 is 4.39 Å². The number of rotatable bonds is 0. The number of allylic oxidation sites excluding steroid dienone is 1. The van der Waals surface area contributed by atoms with E-state index in [1.54, 1.807) is 0 Å². The van der Waals surface area contributed by atoms with Gasteiger partial charge in [0.25, 0.3) is 0 Å². The molecule has 1 nitrogen and oxygen atoms in total. The van der Waals surface area contributed by atoms with Crippen molar-refractivity contribution in [3.63, 3.8) is 0 Å². The smallest absolute Gasteiger partial charge is 0.126 e. The van der Waals surface area contributed by atoms with Crippen LogP contribution in [0.1, 0.15) is 6.42 Å². The van der Waals surface area contributed by atoms with E-state index in [0.29, 0.717) is 13.0 Å². The third-order valence-electron chi connectivity index (χ3n) is 0.889. The number of hydrogen-bond donors (Lipinski definition) is 0. The minimum absolute atomic E-state index is 0.176. The zero-order chi connectivity index (χ0) is 5.98. The number of aliphatic imine (C=N–C) groups is 1. The Balaban J connectivity index is 2.69. The van der Waals surface area contributed by atoms with E-state index in [4.69, 9.17) is 11.6 Å². The molecule has 0 aromatic heterocycles. The van der Waals surface area contributed by atoms with E-state index in [1.807, 2.05) is 0 Å². The van der Waals surface area contributed by atoms with Gasteiger partial charge in [0.05, 0.1) is 0 Å². The monoisotopic (exact) mass is 133 g/mol. The van der Waals surface area contributed by atoms with Crippen molar-refractivity contribution in [2.24, 2.45) is 4.99 Å². The van der Waals surface area contributed by atoms with E-state index in [2.05, 4.69) is 4.99 Å². The van der Waals surface area contributed by atoms with Gasteiger partial charge in [-0.1, -0.05) is 11.6 Å². The molecule has 1 heterocycles. The van der Waals surface area contributed by atoms with Crippen LogP contribution in [-0.2, 0) is 0 Å². The average molecular weight is 134 g/mol. The predicted octanol–water partition coefficient (Wildman–Crippen LogP) is 1.88. The summed E-state index contributed by atoms with van der Waals surface area (Å²) in [5, 5.41) is 0.272. The Hall–Kier alpha value is -0.370. The van der Waals surface area contributed by atoms with E-state index in [9.17, 15) is 4.39 Å². The quantitative estimate of drug-likeness (QED) is 0.479. The van der Waals surface area contributed by atoms with Crippen molar-refractivity contribution >= 4 is 16.8 Å². The molecule has 3 heteroatoms. The van der Waals surface area contributed by atoms with Crippen LogP contribution in [0.5, 0.6) is 0 Å². The molecule has 0 fully saturated rings. The number of hydrogen-bond acceptors (Lipinski definition) is 1. The first-order valence-electron chi connectivity index (χ1n) is 2.35. The molecule has 0 spiro atoms. The molecule has 0 aromatic rings. The van der Waals surface area contributed by atoms with Gasteiger partial charge >= 0.3 is 0 Å². The highest BCUT2D eigenvalue weighted by molar-refractivity contribution is 6.68. The summed E-state index contributed by atoms with van der Waals surface area (Å²) in [6.45, 7) is 0.487. The lowest BCUT2D eigenvalue weighted by molar-refractivity contribution is 0.590. The first-order chi connectivity index (χ1) is 3.79. The maximum absolute atomic E-state index is 12.1. The van der Waals surface area contributed by atoms with Crippen LogP contribution in [0.4, 0.5) is 4.39 Å². The highest BCUT2D eigenvalue weighted by Gasteiger charge is 2.01. The van der Waals surface area contributed by atoms with E-state index in [0.717, 1.165) is 0 Å². The van der Waals surface area contributed by atoms with E-state index < -0.39 is 0 Å². The second-order valence-electron chi connectivity index (χ2n) is 1.55. The van der Waals surface area contributed by atoms with Crippen LogP contribution in [0.15, 0.2) is 16.9 Å². The Morgan fingerprint density at radius 3 is 2.88 bits per heavy atom. The maximum atomic E-state index is 12.1. The SMILES string of the molecule is FC1=CC(Cl)=NCC1. The molecule has 0 atom stereocenters. The normalized spacial score (nSPS) is 19.8. The van der Waals surface area contributed by atoms with Gasteiger partial charge in [0, 0.05) is 19.0 Å². The van der Waals surface area contributed by atoms with Crippen LogP contribution in [-0.4, -0.2) is 11.7 Å². The lowest BCUT2D eigenvalue weighted by atomic mass is 10.3. The summed E-state index contributed by atoms with van der Waals surface area (Å²) < 4.78 is 12.1. The summed E-state index contributed by atoms with van der Waals surface area (Å²) in [5.74, 6) is -0.176. The van der Waals surface area contributed by atoms with Gasteiger partial charge in [0.15, 0.2) is 0 Å². The van der Waals surface area contributed by atoms with Crippen molar-refractivity contribution in [1.29, 1.82) is 0 Å². The summed E-state index contributed by atoms with van der Waals surface area (Å²) in [7, 11) is 0. The topological polar surface area (TPSA) is 12.4 Å². The number of nitrogens with zero attached hydrogens (tertiary/aromatic N) is 1. The molecule has 1 aliphatic heterocycles. The fourth-order valence-corrected chi connectivity index (χ4v) is 0.719. The van der Waals surface area contributed by atoms with Gasteiger partial charge in [-0.15, -0.1) is 0 Å². The van der Waals surface area contributed by atoms with Crippen LogP contribution in [0.2, 0.25) is 0 Å². The molecule has 0 saturated carbocycles. The van der Waals surface area contributed by atoms with Crippen molar-refractivity contribution in [1.82, 2.24) is 0 Å². The molecule has 0 saturated heterocycles. The van der Waals surface area contributed by atoms with Gasteiger partial charge in [-0.2, -0.15) is 0 Å². The number of dihydropyridines is 1. The second kappa shape index (κ2) is 2.27. The van der Waals surface area contributed by atoms with Gasteiger partial charge in [-0.3, -0.25) is 4.99 Å². The zero-order valence-electron chi connectivity index (χ0n) is 4.19. The fourth-order valence-electron chi connectivity index (χ4n) is 0.517. The molecule has 0 unspecified atom stereocenters. The van der Waals surface area contributed by atoms with Crippen LogP contribution in [0.3, 0.4) is 0 Å². The number of halogens is 2. The molecule has 0 amide bonds. The van der Waals surface area contributed by atoms with Gasteiger partial charge in [-0.05, 0) is 0 Å². The molecule has 0 radical (unpaired) electrons. The van der Waals surface area contributed by atoms with E-state index in [-0.39, 0.29) is 11.0 Å².